The molecule has 1 aromatic rings. The van der Waals surface area contributed by atoms with Gasteiger partial charge in [0, 0.05) is 10.6 Å². The van der Waals surface area contributed by atoms with E-state index < -0.39 is 5.82 Å². The van der Waals surface area contributed by atoms with E-state index in [4.69, 9.17) is 10.8 Å². The third kappa shape index (κ3) is 1.51. The van der Waals surface area contributed by atoms with Crippen molar-refractivity contribution in [2.24, 2.45) is 5.11 Å². The summed E-state index contributed by atoms with van der Waals surface area (Å²) in [5.41, 5.74) is 8.14. The number of azide groups is 1. The van der Waals surface area contributed by atoms with E-state index >= 15 is 0 Å². The minimum Gasteiger partial charge on any atom is -0.206 e. The largest absolute Gasteiger partial charge is 0.206 e. The van der Waals surface area contributed by atoms with Gasteiger partial charge in [0.2, 0.25) is 0 Å². The molecular formula is C7H3FN4. The molecule has 0 unspecified atom stereocenters. The van der Waals surface area contributed by atoms with E-state index in [0.29, 0.717) is 0 Å². The summed E-state index contributed by atoms with van der Waals surface area (Å²) >= 11 is 0. The average molecular weight is 162 g/mol. The maximum absolute atomic E-state index is 12.7. The van der Waals surface area contributed by atoms with E-state index in [1.54, 1.807) is 6.07 Å². The Morgan fingerprint density at radius 3 is 2.92 bits per heavy atom. The topological polar surface area (TPSA) is 72.5 Å². The summed E-state index contributed by atoms with van der Waals surface area (Å²) in [6, 6.07) is 5.21. The van der Waals surface area contributed by atoms with Crippen molar-refractivity contribution in [3.8, 4) is 6.07 Å². The molecule has 1 rings (SSSR count). The molecule has 0 bridgehead atoms. The normalized spacial score (nSPS) is 8.33. The molecule has 5 heteroatoms. The predicted molar refractivity (Wildman–Crippen MR) is 39.9 cm³/mol. The van der Waals surface area contributed by atoms with Crippen LogP contribution >= 0.6 is 0 Å². The molecule has 0 radical (unpaired) electrons. The fourth-order valence-corrected chi connectivity index (χ4v) is 0.713. The van der Waals surface area contributed by atoms with Crippen LogP contribution in [0.5, 0.6) is 0 Å². The van der Waals surface area contributed by atoms with E-state index in [0.717, 1.165) is 6.07 Å². The van der Waals surface area contributed by atoms with Crippen molar-refractivity contribution in [3.05, 3.63) is 40.0 Å². The van der Waals surface area contributed by atoms with Crippen molar-refractivity contribution >= 4 is 5.69 Å². The number of hydrogen-bond acceptors (Lipinski definition) is 2. The van der Waals surface area contributed by atoms with Crippen LogP contribution in [0.2, 0.25) is 0 Å². The molecule has 0 aliphatic heterocycles. The van der Waals surface area contributed by atoms with Crippen molar-refractivity contribution in [3.63, 3.8) is 0 Å². The number of halogens is 1. The number of benzene rings is 1. The standard InChI is InChI=1S/C7H3FN4/c8-7-2-1-6(11-12-10)3-5(7)4-9/h1-3H. The van der Waals surface area contributed by atoms with E-state index in [1.165, 1.54) is 12.1 Å². The van der Waals surface area contributed by atoms with Gasteiger partial charge in [-0.25, -0.2) is 4.39 Å². The summed E-state index contributed by atoms with van der Waals surface area (Å²) in [7, 11) is 0. The zero-order valence-corrected chi connectivity index (χ0v) is 5.90. The van der Waals surface area contributed by atoms with E-state index in [9.17, 15) is 4.39 Å². The van der Waals surface area contributed by atoms with Crippen molar-refractivity contribution in [2.45, 2.75) is 0 Å². The zero-order chi connectivity index (χ0) is 8.97. The van der Waals surface area contributed by atoms with E-state index in [-0.39, 0.29) is 11.3 Å². The Hall–Kier alpha value is -2.05. The molecular weight excluding hydrogens is 159 g/mol. The van der Waals surface area contributed by atoms with Crippen molar-refractivity contribution < 1.29 is 4.39 Å². The van der Waals surface area contributed by atoms with Crippen LogP contribution < -0.4 is 0 Å². The van der Waals surface area contributed by atoms with Crippen molar-refractivity contribution in [1.82, 2.24) is 0 Å². The lowest BCUT2D eigenvalue weighted by Crippen LogP contribution is -1.80. The lowest BCUT2D eigenvalue weighted by Gasteiger charge is -1.93. The second-order valence-corrected chi connectivity index (χ2v) is 1.97. The molecule has 0 saturated heterocycles. The molecule has 0 saturated carbocycles. The van der Waals surface area contributed by atoms with Gasteiger partial charge in [0.25, 0.3) is 0 Å². The van der Waals surface area contributed by atoms with E-state index in [2.05, 4.69) is 10.0 Å². The number of nitrogens with zero attached hydrogens (tertiary/aromatic N) is 4. The first-order valence-electron chi connectivity index (χ1n) is 3.02. The summed E-state index contributed by atoms with van der Waals surface area (Å²) in [6.45, 7) is 0. The summed E-state index contributed by atoms with van der Waals surface area (Å²) in [4.78, 5) is 2.50. The smallest absolute Gasteiger partial charge is 0.140 e. The minimum atomic E-state index is -0.616. The molecule has 0 N–H and O–H groups in total. The first kappa shape index (κ1) is 8.05. The van der Waals surface area contributed by atoms with Gasteiger partial charge in [-0.3, -0.25) is 0 Å². The highest BCUT2D eigenvalue weighted by Crippen LogP contribution is 2.16. The highest BCUT2D eigenvalue weighted by molar-refractivity contribution is 5.45. The van der Waals surface area contributed by atoms with Gasteiger partial charge in [-0.1, -0.05) is 5.11 Å². The van der Waals surface area contributed by atoms with Crippen LogP contribution in [-0.4, -0.2) is 0 Å². The Bertz CT molecular complexity index is 387. The van der Waals surface area contributed by atoms with Gasteiger partial charge in [-0.05, 0) is 23.7 Å². The van der Waals surface area contributed by atoms with Crippen LogP contribution in [0.3, 0.4) is 0 Å². The second-order valence-electron chi connectivity index (χ2n) is 1.97. The first-order valence-corrected chi connectivity index (χ1v) is 3.02. The number of rotatable bonds is 1. The minimum absolute atomic E-state index is 0.125. The maximum Gasteiger partial charge on any atom is 0.140 e. The lowest BCUT2D eigenvalue weighted by molar-refractivity contribution is 0.624. The monoisotopic (exact) mass is 162 g/mol. The molecule has 0 spiro atoms. The second kappa shape index (κ2) is 3.37. The fourth-order valence-electron chi connectivity index (χ4n) is 0.713. The zero-order valence-electron chi connectivity index (χ0n) is 5.90. The molecule has 4 nitrogen and oxygen atoms in total. The maximum atomic E-state index is 12.7. The highest BCUT2D eigenvalue weighted by atomic mass is 19.1. The number of hydrogen-bond donors (Lipinski definition) is 0. The molecule has 0 atom stereocenters. The summed E-state index contributed by atoms with van der Waals surface area (Å²) in [5, 5.41) is 11.6. The molecule has 58 valence electrons. The van der Waals surface area contributed by atoms with Crippen LogP contribution in [-0.2, 0) is 0 Å². The van der Waals surface area contributed by atoms with Crippen LogP contribution in [0, 0.1) is 17.1 Å². The van der Waals surface area contributed by atoms with Gasteiger partial charge in [0.1, 0.15) is 11.9 Å². The van der Waals surface area contributed by atoms with Gasteiger partial charge in [-0.15, -0.1) is 0 Å². The van der Waals surface area contributed by atoms with Gasteiger partial charge in [0.05, 0.1) is 5.56 Å². The first-order chi connectivity index (χ1) is 5.77. The Morgan fingerprint density at radius 1 is 1.58 bits per heavy atom. The summed E-state index contributed by atoms with van der Waals surface area (Å²) in [6.07, 6.45) is 0. The Labute approximate surface area is 67.5 Å². The SMILES string of the molecule is N#Cc1cc(N=[N+]=[N-])ccc1F. The lowest BCUT2D eigenvalue weighted by atomic mass is 10.2. The molecule has 0 amide bonds. The quantitative estimate of drug-likeness (QED) is 0.355. The van der Waals surface area contributed by atoms with Crippen molar-refractivity contribution in [2.75, 3.05) is 0 Å². The molecule has 12 heavy (non-hydrogen) atoms. The molecule has 0 aliphatic rings. The summed E-state index contributed by atoms with van der Waals surface area (Å²) in [5.74, 6) is -0.616. The average Bonchev–Trinajstić information content (AvgIpc) is 2.09. The Balaban J connectivity index is 3.24. The molecule has 0 fully saturated rings. The molecule has 0 aromatic heterocycles. The van der Waals surface area contributed by atoms with Gasteiger partial charge in [-0.2, -0.15) is 5.26 Å². The molecule has 0 heterocycles. The molecule has 1 aromatic carbocycles. The van der Waals surface area contributed by atoms with Crippen molar-refractivity contribution in [1.29, 1.82) is 5.26 Å². The van der Waals surface area contributed by atoms with Gasteiger partial charge in [0.15, 0.2) is 0 Å². The predicted octanol–water partition coefficient (Wildman–Crippen LogP) is 2.64. The van der Waals surface area contributed by atoms with E-state index in [1.807, 2.05) is 0 Å². The van der Waals surface area contributed by atoms with Gasteiger partial charge >= 0.3 is 0 Å². The third-order valence-electron chi connectivity index (χ3n) is 1.23. The molecule has 0 aliphatic carbocycles. The Kier molecular flexibility index (Phi) is 2.26. The fraction of sp³-hybridized carbons (Fsp3) is 0. The van der Waals surface area contributed by atoms with Crippen LogP contribution in [0.4, 0.5) is 10.1 Å². The number of nitriles is 1. The highest BCUT2D eigenvalue weighted by Gasteiger charge is 2.00. The van der Waals surface area contributed by atoms with Crippen LogP contribution in [0.15, 0.2) is 23.3 Å². The Morgan fingerprint density at radius 2 is 2.33 bits per heavy atom. The third-order valence-corrected chi connectivity index (χ3v) is 1.23. The van der Waals surface area contributed by atoms with Gasteiger partial charge < -0.3 is 0 Å². The summed E-state index contributed by atoms with van der Waals surface area (Å²) < 4.78 is 12.7. The van der Waals surface area contributed by atoms with Crippen LogP contribution in [0.1, 0.15) is 5.56 Å². The van der Waals surface area contributed by atoms with Crippen LogP contribution in [0.25, 0.3) is 10.4 Å².